The smallest absolute Gasteiger partial charge is 0.431 e. The second-order valence-corrected chi connectivity index (χ2v) is 2.40. The van der Waals surface area contributed by atoms with Crippen molar-refractivity contribution in [3.05, 3.63) is 0 Å². The number of nitrogens with one attached hydrogen (secondary N) is 1. The van der Waals surface area contributed by atoms with Gasteiger partial charge in [0.05, 0.1) is 19.3 Å². The van der Waals surface area contributed by atoms with E-state index in [4.69, 9.17) is 4.74 Å². The minimum atomic E-state index is -0.582. The lowest BCUT2D eigenvalue weighted by Crippen LogP contribution is -2.28. The van der Waals surface area contributed by atoms with E-state index in [1.165, 1.54) is 0 Å². The fraction of sp³-hybridized carbons (Fsp3) is 0.857. The van der Waals surface area contributed by atoms with E-state index >= 15 is 0 Å². The zero-order valence-corrected chi connectivity index (χ0v) is 7.62. The normalized spacial score (nSPS) is 10.0. The van der Waals surface area contributed by atoms with Crippen LogP contribution >= 0.6 is 0 Å². The van der Waals surface area contributed by atoms with Gasteiger partial charge in [0, 0.05) is 7.11 Å². The summed E-state index contributed by atoms with van der Waals surface area (Å²) in [6, 6.07) is 0. The molecule has 12 heavy (non-hydrogen) atoms. The molecule has 0 fully saturated rings. The van der Waals surface area contributed by atoms with Crippen LogP contribution in [0.2, 0.25) is 0 Å². The molecule has 5 heteroatoms. The van der Waals surface area contributed by atoms with Crippen molar-refractivity contribution in [2.75, 3.05) is 20.3 Å². The van der Waals surface area contributed by atoms with Gasteiger partial charge in [0.1, 0.15) is 0 Å². The molecule has 0 heterocycles. The second kappa shape index (κ2) is 6.87. The van der Waals surface area contributed by atoms with Gasteiger partial charge in [-0.3, -0.25) is 4.84 Å². The van der Waals surface area contributed by atoms with E-state index in [-0.39, 0.29) is 6.10 Å². The summed E-state index contributed by atoms with van der Waals surface area (Å²) >= 11 is 0. The SMILES string of the molecule is COCCONC(=O)OC(C)C. The number of methoxy groups -OCH3 is 1. The van der Waals surface area contributed by atoms with Crippen LogP contribution in [0.5, 0.6) is 0 Å². The van der Waals surface area contributed by atoms with E-state index in [0.29, 0.717) is 13.2 Å². The topological polar surface area (TPSA) is 56.8 Å². The lowest BCUT2D eigenvalue weighted by atomic mass is 10.5. The van der Waals surface area contributed by atoms with Crippen LogP contribution in [0.4, 0.5) is 4.79 Å². The van der Waals surface area contributed by atoms with Gasteiger partial charge >= 0.3 is 6.09 Å². The average molecular weight is 177 g/mol. The van der Waals surface area contributed by atoms with Crippen molar-refractivity contribution in [1.82, 2.24) is 5.48 Å². The Morgan fingerprint density at radius 3 is 2.58 bits per heavy atom. The van der Waals surface area contributed by atoms with Gasteiger partial charge in [-0.1, -0.05) is 0 Å². The van der Waals surface area contributed by atoms with Gasteiger partial charge in [0.25, 0.3) is 0 Å². The van der Waals surface area contributed by atoms with Gasteiger partial charge in [-0.05, 0) is 13.8 Å². The molecule has 0 atom stereocenters. The van der Waals surface area contributed by atoms with E-state index in [1.807, 2.05) is 0 Å². The molecule has 1 amide bonds. The second-order valence-electron chi connectivity index (χ2n) is 2.40. The summed E-state index contributed by atoms with van der Waals surface area (Å²) in [5.41, 5.74) is 2.11. The third-order valence-corrected chi connectivity index (χ3v) is 0.888. The van der Waals surface area contributed by atoms with Crippen molar-refractivity contribution in [3.63, 3.8) is 0 Å². The predicted molar refractivity (Wildman–Crippen MR) is 42.6 cm³/mol. The highest BCUT2D eigenvalue weighted by Crippen LogP contribution is 1.87. The molecule has 0 aliphatic rings. The molecule has 0 saturated carbocycles. The van der Waals surface area contributed by atoms with Crippen LogP contribution in [0.1, 0.15) is 13.8 Å². The molecule has 0 aliphatic carbocycles. The number of hydrogen-bond acceptors (Lipinski definition) is 4. The highest BCUT2D eigenvalue weighted by molar-refractivity contribution is 5.65. The molecule has 0 rings (SSSR count). The molecule has 0 unspecified atom stereocenters. The van der Waals surface area contributed by atoms with Crippen LogP contribution in [0, 0.1) is 0 Å². The lowest BCUT2D eigenvalue weighted by Gasteiger charge is -2.08. The standard InChI is InChI=1S/C7H15NO4/c1-6(2)12-7(9)8-11-5-4-10-3/h6H,4-5H2,1-3H3,(H,8,9). The Labute approximate surface area is 71.9 Å². The third-order valence-electron chi connectivity index (χ3n) is 0.888. The molecule has 0 aromatic carbocycles. The first kappa shape index (κ1) is 11.2. The molecule has 5 nitrogen and oxygen atoms in total. The molecule has 0 bridgehead atoms. The number of hydroxylamine groups is 1. The van der Waals surface area contributed by atoms with Crippen molar-refractivity contribution in [3.8, 4) is 0 Å². The number of carbonyl (C=O) groups excluding carboxylic acids is 1. The Morgan fingerprint density at radius 1 is 1.42 bits per heavy atom. The van der Waals surface area contributed by atoms with Gasteiger partial charge in [0.15, 0.2) is 0 Å². The van der Waals surface area contributed by atoms with E-state index in [2.05, 4.69) is 15.1 Å². The third kappa shape index (κ3) is 7.30. The Morgan fingerprint density at radius 2 is 2.08 bits per heavy atom. The molecule has 72 valence electrons. The van der Waals surface area contributed by atoms with Crippen molar-refractivity contribution in [1.29, 1.82) is 0 Å². The van der Waals surface area contributed by atoms with Crippen LogP contribution in [0.25, 0.3) is 0 Å². The Kier molecular flexibility index (Phi) is 6.41. The summed E-state index contributed by atoms with van der Waals surface area (Å²) in [6.07, 6.45) is -0.725. The van der Waals surface area contributed by atoms with Crippen molar-refractivity contribution >= 4 is 6.09 Å². The molecular formula is C7H15NO4. The van der Waals surface area contributed by atoms with E-state index in [1.54, 1.807) is 21.0 Å². The van der Waals surface area contributed by atoms with Crippen molar-refractivity contribution < 1.29 is 19.1 Å². The molecule has 0 spiro atoms. The zero-order valence-electron chi connectivity index (χ0n) is 7.62. The quantitative estimate of drug-likeness (QED) is 0.496. The predicted octanol–water partition coefficient (Wildman–Crippen LogP) is 0.699. The Hall–Kier alpha value is -0.810. The van der Waals surface area contributed by atoms with Crippen LogP contribution < -0.4 is 5.48 Å². The van der Waals surface area contributed by atoms with Gasteiger partial charge in [0.2, 0.25) is 0 Å². The summed E-state index contributed by atoms with van der Waals surface area (Å²) in [4.78, 5) is 15.4. The van der Waals surface area contributed by atoms with Crippen molar-refractivity contribution in [2.24, 2.45) is 0 Å². The Bertz CT molecular complexity index is 127. The number of carbonyl (C=O) groups is 1. The fourth-order valence-electron chi connectivity index (χ4n) is 0.473. The molecular weight excluding hydrogens is 162 g/mol. The molecule has 0 aromatic heterocycles. The van der Waals surface area contributed by atoms with Crippen LogP contribution in [0.3, 0.4) is 0 Å². The van der Waals surface area contributed by atoms with Crippen molar-refractivity contribution in [2.45, 2.75) is 20.0 Å². The molecule has 0 saturated heterocycles. The fourth-order valence-corrected chi connectivity index (χ4v) is 0.473. The van der Waals surface area contributed by atoms with Gasteiger partial charge in [-0.25, -0.2) is 4.79 Å². The number of hydrogen-bond donors (Lipinski definition) is 1. The first-order chi connectivity index (χ1) is 5.66. The van der Waals surface area contributed by atoms with Gasteiger partial charge in [-0.15, -0.1) is 0 Å². The highest BCUT2D eigenvalue weighted by Gasteiger charge is 2.02. The Balaban J connectivity index is 3.20. The average Bonchev–Trinajstić information content (AvgIpc) is 1.97. The maximum atomic E-state index is 10.7. The van der Waals surface area contributed by atoms with Gasteiger partial charge < -0.3 is 9.47 Å². The first-order valence-corrected chi connectivity index (χ1v) is 3.74. The monoisotopic (exact) mass is 177 g/mol. The molecule has 0 aliphatic heterocycles. The zero-order chi connectivity index (χ0) is 9.40. The number of amides is 1. The molecule has 1 N–H and O–H groups in total. The summed E-state index contributed by atoms with van der Waals surface area (Å²) < 4.78 is 9.40. The minimum Gasteiger partial charge on any atom is -0.445 e. The maximum Gasteiger partial charge on any atom is 0.431 e. The highest BCUT2D eigenvalue weighted by atomic mass is 16.7. The molecule has 0 aromatic rings. The lowest BCUT2D eigenvalue weighted by molar-refractivity contribution is -0.00316. The van der Waals surface area contributed by atoms with Gasteiger partial charge in [-0.2, -0.15) is 5.48 Å². The van der Waals surface area contributed by atoms with Crippen LogP contribution in [-0.2, 0) is 14.3 Å². The first-order valence-electron chi connectivity index (χ1n) is 3.74. The van der Waals surface area contributed by atoms with Crippen LogP contribution in [0.15, 0.2) is 0 Å². The summed E-state index contributed by atoms with van der Waals surface area (Å²) in [5, 5.41) is 0. The minimum absolute atomic E-state index is 0.143. The number of rotatable bonds is 5. The number of ether oxygens (including phenoxy) is 2. The van der Waals surface area contributed by atoms with E-state index in [9.17, 15) is 4.79 Å². The summed E-state index contributed by atoms with van der Waals surface area (Å²) in [7, 11) is 1.55. The van der Waals surface area contributed by atoms with Crippen LogP contribution in [-0.4, -0.2) is 32.5 Å². The molecule has 0 radical (unpaired) electrons. The van der Waals surface area contributed by atoms with E-state index in [0.717, 1.165) is 0 Å². The maximum absolute atomic E-state index is 10.7. The summed E-state index contributed by atoms with van der Waals surface area (Å²) in [6.45, 7) is 4.26. The largest absolute Gasteiger partial charge is 0.445 e. The van der Waals surface area contributed by atoms with E-state index < -0.39 is 6.09 Å². The summed E-state index contributed by atoms with van der Waals surface area (Å²) in [5.74, 6) is 0.